The summed E-state index contributed by atoms with van der Waals surface area (Å²) < 4.78 is 51.1. The fourth-order valence-corrected chi connectivity index (χ4v) is 3.32. The van der Waals surface area contributed by atoms with E-state index in [0.717, 1.165) is 16.9 Å². The molecule has 13 heteroatoms. The van der Waals surface area contributed by atoms with Crippen molar-refractivity contribution in [2.45, 2.75) is 12.6 Å². The van der Waals surface area contributed by atoms with Gasteiger partial charge in [-0.1, -0.05) is 0 Å². The van der Waals surface area contributed by atoms with Crippen LogP contribution < -0.4 is 20.5 Å². The standard InChI is InChI=1S/C23H20F3N7O3/c1-35-17-7-16(8-18(9-17)36-2)30-22-29-12-15(6-13-5-14(20(27)34)11-28-10-13)21(31-22)33-4-3-19(32-33)23(24,25)26/h3-5,7-12H,6H2,1-2H3,(H2,27,34)(H,29,30,31). The van der Waals surface area contributed by atoms with E-state index >= 15 is 0 Å². The second-order valence-electron chi connectivity index (χ2n) is 7.53. The van der Waals surface area contributed by atoms with E-state index < -0.39 is 17.8 Å². The van der Waals surface area contributed by atoms with Crippen molar-refractivity contribution in [1.82, 2.24) is 24.7 Å². The second kappa shape index (κ2) is 9.90. The van der Waals surface area contributed by atoms with E-state index in [1.54, 1.807) is 18.2 Å². The fraction of sp³-hybridized carbons (Fsp3) is 0.174. The lowest BCUT2D eigenvalue weighted by atomic mass is 10.1. The summed E-state index contributed by atoms with van der Waals surface area (Å²) in [5.41, 5.74) is 5.99. The van der Waals surface area contributed by atoms with E-state index in [4.69, 9.17) is 15.2 Å². The van der Waals surface area contributed by atoms with Crippen molar-refractivity contribution in [2.75, 3.05) is 19.5 Å². The van der Waals surface area contributed by atoms with E-state index in [1.165, 1.54) is 38.9 Å². The summed E-state index contributed by atoms with van der Waals surface area (Å²) in [6.07, 6.45) is 0.963. The largest absolute Gasteiger partial charge is 0.497 e. The number of hydrogen-bond acceptors (Lipinski definition) is 8. The van der Waals surface area contributed by atoms with E-state index in [-0.39, 0.29) is 23.8 Å². The molecule has 36 heavy (non-hydrogen) atoms. The molecule has 0 radical (unpaired) electrons. The molecule has 4 aromatic rings. The van der Waals surface area contributed by atoms with Gasteiger partial charge in [-0.3, -0.25) is 9.78 Å². The first-order valence-corrected chi connectivity index (χ1v) is 10.4. The molecule has 0 unspecified atom stereocenters. The molecule has 0 saturated heterocycles. The van der Waals surface area contributed by atoms with E-state index in [9.17, 15) is 18.0 Å². The minimum absolute atomic E-state index is 0.0946. The first kappa shape index (κ1) is 24.4. The molecule has 0 spiro atoms. The molecule has 10 nitrogen and oxygen atoms in total. The molecule has 0 fully saturated rings. The SMILES string of the molecule is COc1cc(Nc2ncc(Cc3cncc(C(N)=O)c3)c(-n3ccc(C(F)(F)F)n3)n2)cc(OC)c1. The molecule has 4 rings (SSSR count). The van der Waals surface area contributed by atoms with Crippen LogP contribution in [0.15, 0.2) is 55.1 Å². The highest BCUT2D eigenvalue weighted by atomic mass is 19.4. The van der Waals surface area contributed by atoms with Gasteiger partial charge in [0.2, 0.25) is 11.9 Å². The summed E-state index contributed by atoms with van der Waals surface area (Å²) in [5, 5.41) is 6.64. The molecule has 0 atom stereocenters. The van der Waals surface area contributed by atoms with Crippen LogP contribution in [0.3, 0.4) is 0 Å². The normalized spacial score (nSPS) is 11.2. The van der Waals surface area contributed by atoms with E-state index in [2.05, 4.69) is 25.4 Å². The molecule has 186 valence electrons. The summed E-state index contributed by atoms with van der Waals surface area (Å²) in [7, 11) is 3.00. The van der Waals surface area contributed by atoms with Crippen molar-refractivity contribution in [2.24, 2.45) is 5.73 Å². The van der Waals surface area contributed by atoms with Crippen molar-refractivity contribution in [3.05, 3.63) is 77.5 Å². The monoisotopic (exact) mass is 499 g/mol. The number of nitrogens with two attached hydrogens (primary N) is 1. The number of carbonyl (C=O) groups is 1. The predicted octanol–water partition coefficient (Wildman–Crippen LogP) is 3.53. The van der Waals surface area contributed by atoms with Crippen LogP contribution in [-0.4, -0.2) is 44.9 Å². The number of hydrogen-bond donors (Lipinski definition) is 2. The van der Waals surface area contributed by atoms with Gasteiger partial charge < -0.3 is 20.5 Å². The fourth-order valence-electron chi connectivity index (χ4n) is 3.32. The maximum absolute atomic E-state index is 13.2. The molecule has 0 aliphatic heterocycles. The number of pyridine rings is 1. The van der Waals surface area contributed by atoms with Crippen LogP contribution in [0.1, 0.15) is 27.2 Å². The van der Waals surface area contributed by atoms with E-state index in [1.807, 2.05) is 0 Å². The van der Waals surface area contributed by atoms with Crippen molar-refractivity contribution in [1.29, 1.82) is 0 Å². The molecule has 3 N–H and O–H groups in total. The zero-order valence-corrected chi connectivity index (χ0v) is 19.1. The number of amides is 1. The number of alkyl halides is 3. The Balaban J connectivity index is 1.75. The van der Waals surface area contributed by atoms with Gasteiger partial charge in [-0.2, -0.15) is 23.3 Å². The highest BCUT2D eigenvalue weighted by molar-refractivity contribution is 5.92. The number of nitrogens with one attached hydrogen (secondary N) is 1. The number of primary amides is 1. The number of nitrogens with zero attached hydrogens (tertiary/aromatic N) is 5. The van der Waals surface area contributed by atoms with Crippen molar-refractivity contribution >= 4 is 17.5 Å². The quantitative estimate of drug-likeness (QED) is 0.377. The Kier molecular flexibility index (Phi) is 6.72. The number of ether oxygens (including phenoxy) is 2. The second-order valence-corrected chi connectivity index (χ2v) is 7.53. The number of methoxy groups -OCH3 is 2. The Hall–Kier alpha value is -4.68. The third-order valence-electron chi connectivity index (χ3n) is 5.02. The highest BCUT2D eigenvalue weighted by Crippen LogP contribution is 2.30. The highest BCUT2D eigenvalue weighted by Gasteiger charge is 2.34. The molecule has 0 bridgehead atoms. The molecular weight excluding hydrogens is 479 g/mol. The van der Waals surface area contributed by atoms with Crippen LogP contribution in [0.25, 0.3) is 5.82 Å². The summed E-state index contributed by atoms with van der Waals surface area (Å²) in [5.74, 6) is 0.560. The number of halogens is 3. The van der Waals surface area contributed by atoms with Gasteiger partial charge in [0.05, 0.1) is 19.8 Å². The molecule has 1 amide bonds. The summed E-state index contributed by atoms with van der Waals surface area (Å²) in [4.78, 5) is 24.2. The lowest BCUT2D eigenvalue weighted by molar-refractivity contribution is -0.141. The Morgan fingerprint density at radius 2 is 1.81 bits per heavy atom. The van der Waals surface area contributed by atoms with Gasteiger partial charge in [-0.25, -0.2) is 9.67 Å². The van der Waals surface area contributed by atoms with Crippen molar-refractivity contribution < 1.29 is 27.4 Å². The van der Waals surface area contributed by atoms with Crippen LogP contribution in [0.2, 0.25) is 0 Å². The minimum Gasteiger partial charge on any atom is -0.497 e. The van der Waals surface area contributed by atoms with Crippen molar-refractivity contribution in [3.8, 4) is 17.3 Å². The van der Waals surface area contributed by atoms with Gasteiger partial charge >= 0.3 is 6.18 Å². The number of carbonyl (C=O) groups excluding carboxylic acids is 1. The third kappa shape index (κ3) is 5.51. The van der Waals surface area contributed by atoms with Gasteiger partial charge in [0.25, 0.3) is 0 Å². The number of rotatable bonds is 8. The summed E-state index contributed by atoms with van der Waals surface area (Å²) in [6.45, 7) is 0. The summed E-state index contributed by atoms with van der Waals surface area (Å²) >= 11 is 0. The molecule has 3 aromatic heterocycles. The van der Waals surface area contributed by atoms with Crippen LogP contribution in [0.5, 0.6) is 11.5 Å². The zero-order valence-electron chi connectivity index (χ0n) is 19.1. The Labute approximate surface area is 202 Å². The molecular formula is C23H20F3N7O3. The Bertz CT molecular complexity index is 1380. The lowest BCUT2D eigenvalue weighted by Gasteiger charge is -2.13. The topological polar surface area (TPSA) is 130 Å². The molecule has 0 saturated carbocycles. The lowest BCUT2D eigenvalue weighted by Crippen LogP contribution is -2.13. The first-order chi connectivity index (χ1) is 17.2. The molecule has 0 aliphatic rings. The van der Waals surface area contributed by atoms with Gasteiger partial charge in [-0.15, -0.1) is 0 Å². The number of aromatic nitrogens is 5. The Morgan fingerprint density at radius 3 is 2.42 bits per heavy atom. The van der Waals surface area contributed by atoms with E-state index in [0.29, 0.717) is 28.3 Å². The first-order valence-electron chi connectivity index (χ1n) is 10.4. The van der Waals surface area contributed by atoms with Crippen LogP contribution in [0, 0.1) is 0 Å². The maximum atomic E-state index is 13.2. The van der Waals surface area contributed by atoms with Gasteiger partial charge in [0.15, 0.2) is 11.5 Å². The summed E-state index contributed by atoms with van der Waals surface area (Å²) in [6, 6.07) is 7.42. The Morgan fingerprint density at radius 1 is 1.08 bits per heavy atom. The maximum Gasteiger partial charge on any atom is 0.435 e. The molecule has 3 heterocycles. The predicted molar refractivity (Wildman–Crippen MR) is 123 cm³/mol. The van der Waals surface area contributed by atoms with Gasteiger partial charge in [-0.05, 0) is 17.7 Å². The number of anilines is 2. The van der Waals surface area contributed by atoms with Gasteiger partial charge in [0.1, 0.15) is 11.5 Å². The average Bonchev–Trinajstić information content (AvgIpc) is 3.36. The smallest absolute Gasteiger partial charge is 0.435 e. The molecule has 0 aliphatic carbocycles. The number of benzene rings is 1. The zero-order chi connectivity index (χ0) is 25.9. The van der Waals surface area contributed by atoms with Crippen molar-refractivity contribution in [3.63, 3.8) is 0 Å². The van der Waals surface area contributed by atoms with Gasteiger partial charge in [0, 0.05) is 60.7 Å². The minimum atomic E-state index is -4.63. The van der Waals surface area contributed by atoms with Crippen LogP contribution >= 0.6 is 0 Å². The van der Waals surface area contributed by atoms with Crippen LogP contribution in [-0.2, 0) is 12.6 Å². The third-order valence-corrected chi connectivity index (χ3v) is 5.02. The molecule has 1 aromatic carbocycles. The average molecular weight is 499 g/mol. The van der Waals surface area contributed by atoms with Crippen LogP contribution in [0.4, 0.5) is 24.8 Å².